The molecule has 2 aromatic rings. The normalized spacial score (nSPS) is 13.0. The third kappa shape index (κ3) is 1.93. The summed E-state index contributed by atoms with van der Waals surface area (Å²) in [5.74, 6) is -1.14. The monoisotopic (exact) mass is 271 g/mol. The molecule has 5 heteroatoms. The Morgan fingerprint density at radius 3 is 2.60 bits per heavy atom. The van der Waals surface area contributed by atoms with Crippen molar-refractivity contribution in [2.75, 3.05) is 0 Å². The van der Waals surface area contributed by atoms with E-state index < -0.39 is 5.97 Å². The van der Waals surface area contributed by atoms with Crippen LogP contribution in [0, 0.1) is 0 Å². The third-order valence-electron chi connectivity index (χ3n) is 3.25. The molecule has 1 heterocycles. The number of carbonyl (C=O) groups excluding carboxylic acids is 1. The summed E-state index contributed by atoms with van der Waals surface area (Å²) >= 11 is 0. The number of fused-ring (bicyclic) bond motifs is 1. The molecule has 0 aliphatic heterocycles. The molecule has 0 saturated carbocycles. The first-order chi connectivity index (χ1) is 9.68. The first-order valence-corrected chi connectivity index (χ1v) is 6.28. The van der Waals surface area contributed by atoms with Gasteiger partial charge in [-0.25, -0.2) is 4.79 Å². The van der Waals surface area contributed by atoms with Crippen molar-refractivity contribution in [1.82, 2.24) is 4.73 Å². The molecule has 0 bridgehead atoms. The van der Waals surface area contributed by atoms with E-state index in [4.69, 9.17) is 4.84 Å². The summed E-state index contributed by atoms with van der Waals surface area (Å²) in [7, 11) is 0. The second kappa shape index (κ2) is 4.77. The molecular weight excluding hydrogens is 258 g/mol. The van der Waals surface area contributed by atoms with E-state index in [0.717, 1.165) is 11.2 Å². The number of aromatic nitrogens is 1. The van der Waals surface area contributed by atoms with Gasteiger partial charge in [0.05, 0.1) is 5.56 Å². The zero-order valence-electron chi connectivity index (χ0n) is 10.6. The van der Waals surface area contributed by atoms with Crippen molar-refractivity contribution in [3.63, 3.8) is 0 Å². The molecule has 0 amide bonds. The quantitative estimate of drug-likeness (QED) is 0.877. The molecule has 0 atom stereocenters. The predicted octanol–water partition coefficient (Wildman–Crippen LogP) is 2.13. The second-order valence-electron chi connectivity index (χ2n) is 4.52. The zero-order chi connectivity index (χ0) is 14.1. The van der Waals surface area contributed by atoms with Crippen molar-refractivity contribution < 1.29 is 19.8 Å². The van der Waals surface area contributed by atoms with Crippen LogP contribution in [-0.4, -0.2) is 20.9 Å². The lowest BCUT2D eigenvalue weighted by molar-refractivity contribution is 0.0380. The molecule has 5 nitrogen and oxygen atoms in total. The van der Waals surface area contributed by atoms with Gasteiger partial charge in [-0.15, -0.1) is 4.73 Å². The molecule has 0 unspecified atom stereocenters. The van der Waals surface area contributed by atoms with Gasteiger partial charge in [0.15, 0.2) is 0 Å². The molecule has 0 spiro atoms. The summed E-state index contributed by atoms with van der Waals surface area (Å²) in [5, 5.41) is 20.1. The van der Waals surface area contributed by atoms with Crippen molar-refractivity contribution in [3.8, 4) is 11.8 Å². The van der Waals surface area contributed by atoms with Gasteiger partial charge in [0.25, 0.3) is 0 Å². The van der Waals surface area contributed by atoms with Crippen LogP contribution in [0.25, 0.3) is 6.08 Å². The highest BCUT2D eigenvalue weighted by Crippen LogP contribution is 2.37. The van der Waals surface area contributed by atoms with Crippen LogP contribution in [0.1, 0.15) is 27.9 Å². The molecular formula is C15H13NO4. The molecule has 0 saturated heterocycles. The van der Waals surface area contributed by atoms with Crippen molar-refractivity contribution in [3.05, 3.63) is 53.1 Å². The summed E-state index contributed by atoms with van der Waals surface area (Å²) in [6, 6.07) is 8.39. The molecule has 2 N–H and O–H groups in total. The van der Waals surface area contributed by atoms with E-state index >= 15 is 0 Å². The van der Waals surface area contributed by atoms with Crippen LogP contribution < -0.4 is 4.84 Å². The Balaban J connectivity index is 1.94. The van der Waals surface area contributed by atoms with Gasteiger partial charge in [0.1, 0.15) is 0 Å². The van der Waals surface area contributed by atoms with Crippen molar-refractivity contribution in [2.45, 2.75) is 12.8 Å². The van der Waals surface area contributed by atoms with Gasteiger partial charge in [-0.3, -0.25) is 0 Å². The minimum atomic E-state index is -0.646. The highest BCUT2D eigenvalue weighted by atomic mass is 16.7. The van der Waals surface area contributed by atoms with Gasteiger partial charge in [0.2, 0.25) is 11.8 Å². The minimum absolute atomic E-state index is 0.230. The number of allylic oxidation sites excluding steroid dienone is 1. The minimum Gasteiger partial charge on any atom is -0.492 e. The van der Waals surface area contributed by atoms with Crippen LogP contribution in [0.5, 0.6) is 11.8 Å². The van der Waals surface area contributed by atoms with Crippen LogP contribution in [0.4, 0.5) is 0 Å². The van der Waals surface area contributed by atoms with Crippen molar-refractivity contribution in [2.24, 2.45) is 0 Å². The Kier molecular flexibility index (Phi) is 2.95. The Labute approximate surface area is 115 Å². The highest BCUT2D eigenvalue weighted by Gasteiger charge is 2.25. The Morgan fingerprint density at radius 2 is 1.90 bits per heavy atom. The fraction of sp³-hybridized carbons (Fsp3) is 0.133. The van der Waals surface area contributed by atoms with E-state index in [2.05, 4.69) is 0 Å². The van der Waals surface area contributed by atoms with E-state index in [1.165, 1.54) is 0 Å². The average molecular weight is 271 g/mol. The summed E-state index contributed by atoms with van der Waals surface area (Å²) in [4.78, 5) is 17.0. The molecule has 3 rings (SSSR count). The van der Waals surface area contributed by atoms with E-state index in [1.807, 2.05) is 6.08 Å². The van der Waals surface area contributed by atoms with Crippen LogP contribution in [0.15, 0.2) is 36.4 Å². The number of rotatable bonds is 2. The fourth-order valence-corrected chi connectivity index (χ4v) is 2.23. The van der Waals surface area contributed by atoms with Crippen molar-refractivity contribution >= 4 is 12.0 Å². The summed E-state index contributed by atoms with van der Waals surface area (Å²) in [6.45, 7) is 0. The van der Waals surface area contributed by atoms with Gasteiger partial charge >= 0.3 is 5.97 Å². The summed E-state index contributed by atoms with van der Waals surface area (Å²) in [6.07, 6.45) is 4.98. The second-order valence-corrected chi connectivity index (χ2v) is 4.52. The van der Waals surface area contributed by atoms with E-state index in [9.17, 15) is 15.0 Å². The summed E-state index contributed by atoms with van der Waals surface area (Å²) in [5.41, 5.74) is 1.42. The lowest BCUT2D eigenvalue weighted by Gasteiger charge is -2.07. The molecule has 1 aliphatic carbocycles. The van der Waals surface area contributed by atoms with E-state index in [0.29, 0.717) is 23.1 Å². The first kappa shape index (κ1) is 12.3. The Bertz CT molecular complexity index is 686. The standard InChI is InChI=1S/C15H13NO4/c17-13-11-8-4-5-9-12(11)14(18)16(13)20-15(19)10-6-2-1-3-7-10/h1-4,6-8,17-18H,5,9H2. The molecule has 1 aromatic carbocycles. The van der Waals surface area contributed by atoms with Gasteiger partial charge in [0, 0.05) is 11.1 Å². The maximum absolute atomic E-state index is 11.9. The highest BCUT2D eigenvalue weighted by molar-refractivity contribution is 5.89. The van der Waals surface area contributed by atoms with Gasteiger partial charge in [-0.2, -0.15) is 0 Å². The maximum atomic E-state index is 11.9. The number of nitrogens with zero attached hydrogens (tertiary/aromatic N) is 1. The Hall–Kier alpha value is -2.69. The lowest BCUT2D eigenvalue weighted by Crippen LogP contribution is -2.19. The topological polar surface area (TPSA) is 71.7 Å². The van der Waals surface area contributed by atoms with E-state index in [1.54, 1.807) is 36.4 Å². The predicted molar refractivity (Wildman–Crippen MR) is 72.5 cm³/mol. The van der Waals surface area contributed by atoms with Crippen LogP contribution in [0.2, 0.25) is 0 Å². The molecule has 1 aromatic heterocycles. The molecule has 102 valence electrons. The maximum Gasteiger partial charge on any atom is 0.363 e. The van der Waals surface area contributed by atoms with Gasteiger partial charge < -0.3 is 15.1 Å². The number of carbonyl (C=O) groups is 1. The third-order valence-corrected chi connectivity index (χ3v) is 3.25. The number of aromatic hydroxyl groups is 2. The molecule has 1 aliphatic rings. The van der Waals surface area contributed by atoms with Crippen LogP contribution in [-0.2, 0) is 6.42 Å². The number of benzene rings is 1. The number of hydrogen-bond acceptors (Lipinski definition) is 4. The fourth-order valence-electron chi connectivity index (χ4n) is 2.23. The Morgan fingerprint density at radius 1 is 1.15 bits per heavy atom. The SMILES string of the molecule is O=C(On1c(O)c2c(c1O)CCC=C2)c1ccccc1. The molecule has 0 radical (unpaired) electrons. The zero-order valence-corrected chi connectivity index (χ0v) is 10.6. The van der Waals surface area contributed by atoms with Gasteiger partial charge in [-0.1, -0.05) is 30.4 Å². The lowest BCUT2D eigenvalue weighted by atomic mass is 10.0. The van der Waals surface area contributed by atoms with Gasteiger partial charge in [-0.05, 0) is 25.0 Å². The van der Waals surface area contributed by atoms with Crippen molar-refractivity contribution in [1.29, 1.82) is 0 Å². The van der Waals surface area contributed by atoms with Crippen LogP contribution >= 0.6 is 0 Å². The summed E-state index contributed by atoms with van der Waals surface area (Å²) < 4.78 is 0.773. The molecule has 20 heavy (non-hydrogen) atoms. The average Bonchev–Trinajstić information content (AvgIpc) is 2.74. The van der Waals surface area contributed by atoms with E-state index in [-0.39, 0.29) is 11.8 Å². The first-order valence-electron chi connectivity index (χ1n) is 6.28. The largest absolute Gasteiger partial charge is 0.492 e. The smallest absolute Gasteiger partial charge is 0.363 e. The number of hydrogen-bond donors (Lipinski definition) is 2. The molecule has 0 fully saturated rings. The van der Waals surface area contributed by atoms with Crippen LogP contribution in [0.3, 0.4) is 0 Å².